The summed E-state index contributed by atoms with van der Waals surface area (Å²) in [7, 11) is 0. The van der Waals surface area contributed by atoms with Gasteiger partial charge in [0.2, 0.25) is 5.88 Å². The van der Waals surface area contributed by atoms with Gasteiger partial charge < -0.3 is 10.1 Å². The average molecular weight is 407 g/mol. The number of carbonyl (C=O) groups excluding carboxylic acids is 1. The van der Waals surface area contributed by atoms with E-state index in [1.54, 1.807) is 24.4 Å². The highest BCUT2D eigenvalue weighted by molar-refractivity contribution is 5.94. The van der Waals surface area contributed by atoms with Crippen LogP contribution in [0.25, 0.3) is 0 Å². The van der Waals surface area contributed by atoms with Crippen LogP contribution in [0.2, 0.25) is 0 Å². The summed E-state index contributed by atoms with van der Waals surface area (Å²) in [6, 6.07) is 17.1. The van der Waals surface area contributed by atoms with E-state index in [0.717, 1.165) is 19.6 Å². The molecule has 0 bridgehead atoms. The Hall–Kier alpha value is -3.25. The van der Waals surface area contributed by atoms with Gasteiger partial charge >= 0.3 is 0 Å². The minimum absolute atomic E-state index is 0.176. The van der Waals surface area contributed by atoms with Gasteiger partial charge in [0.25, 0.3) is 5.91 Å². The van der Waals surface area contributed by atoms with E-state index < -0.39 is 0 Å². The van der Waals surface area contributed by atoms with E-state index in [9.17, 15) is 9.18 Å². The Morgan fingerprint density at radius 1 is 1.07 bits per heavy atom. The standard InChI is InChI=1S/C24H26FN3O2/c1-3-28(4-2)17-18-10-12-19(13-11-18)23(29)27-16-20-7-6-14-26-24(20)30-22-9-5-8-21(25)15-22/h5-15H,3-4,16-17H2,1-2H3,(H,27,29). The van der Waals surface area contributed by atoms with Crippen LogP contribution in [0.3, 0.4) is 0 Å². The van der Waals surface area contributed by atoms with E-state index in [-0.39, 0.29) is 18.3 Å². The number of rotatable bonds is 9. The molecule has 0 aliphatic rings. The maximum absolute atomic E-state index is 13.4. The zero-order valence-corrected chi connectivity index (χ0v) is 17.3. The highest BCUT2D eigenvalue weighted by Crippen LogP contribution is 2.23. The molecule has 0 atom stereocenters. The van der Waals surface area contributed by atoms with Gasteiger partial charge in [-0.3, -0.25) is 9.69 Å². The average Bonchev–Trinajstić information content (AvgIpc) is 2.77. The van der Waals surface area contributed by atoms with Gasteiger partial charge in [-0.2, -0.15) is 0 Å². The van der Waals surface area contributed by atoms with E-state index in [1.807, 2.05) is 30.3 Å². The largest absolute Gasteiger partial charge is 0.439 e. The number of carbonyl (C=O) groups is 1. The SMILES string of the molecule is CCN(CC)Cc1ccc(C(=O)NCc2cccnc2Oc2cccc(F)c2)cc1. The summed E-state index contributed by atoms with van der Waals surface area (Å²) < 4.78 is 19.1. The first-order valence-corrected chi connectivity index (χ1v) is 10.1. The quantitative estimate of drug-likeness (QED) is 0.554. The lowest BCUT2D eigenvalue weighted by molar-refractivity contribution is 0.0950. The minimum Gasteiger partial charge on any atom is -0.439 e. The van der Waals surface area contributed by atoms with Crippen molar-refractivity contribution in [1.82, 2.24) is 15.2 Å². The molecule has 0 aliphatic heterocycles. The molecule has 0 saturated heterocycles. The van der Waals surface area contributed by atoms with E-state index in [4.69, 9.17) is 4.74 Å². The summed E-state index contributed by atoms with van der Waals surface area (Å²) in [5, 5.41) is 2.89. The summed E-state index contributed by atoms with van der Waals surface area (Å²) in [5.41, 5.74) is 2.47. The van der Waals surface area contributed by atoms with Crippen molar-refractivity contribution >= 4 is 5.91 Å². The molecule has 0 unspecified atom stereocenters. The number of halogens is 1. The molecule has 6 heteroatoms. The summed E-state index contributed by atoms with van der Waals surface area (Å²) in [4.78, 5) is 19.1. The molecule has 0 spiro atoms. The maximum Gasteiger partial charge on any atom is 0.251 e. The van der Waals surface area contributed by atoms with Gasteiger partial charge in [0, 0.05) is 36.5 Å². The van der Waals surface area contributed by atoms with Gasteiger partial charge in [-0.25, -0.2) is 9.37 Å². The van der Waals surface area contributed by atoms with Crippen LogP contribution in [0, 0.1) is 5.82 Å². The number of hydrogen-bond acceptors (Lipinski definition) is 4. The Morgan fingerprint density at radius 2 is 1.83 bits per heavy atom. The van der Waals surface area contributed by atoms with Gasteiger partial charge in [-0.15, -0.1) is 0 Å². The Morgan fingerprint density at radius 3 is 2.53 bits per heavy atom. The number of nitrogens with zero attached hydrogens (tertiary/aromatic N) is 2. The second-order valence-corrected chi connectivity index (χ2v) is 6.87. The molecule has 0 radical (unpaired) electrons. The summed E-state index contributed by atoms with van der Waals surface area (Å²) in [6.45, 7) is 7.36. The number of nitrogens with one attached hydrogen (secondary N) is 1. The molecule has 0 aliphatic carbocycles. The van der Waals surface area contributed by atoms with Crippen molar-refractivity contribution in [2.24, 2.45) is 0 Å². The highest BCUT2D eigenvalue weighted by Gasteiger charge is 2.10. The van der Waals surface area contributed by atoms with Gasteiger partial charge in [-0.05, 0) is 49.0 Å². The zero-order chi connectivity index (χ0) is 21.3. The molecule has 0 fully saturated rings. The van der Waals surface area contributed by atoms with Gasteiger partial charge in [-0.1, -0.05) is 38.1 Å². The molecular weight excluding hydrogens is 381 g/mol. The normalized spacial score (nSPS) is 10.8. The second kappa shape index (κ2) is 10.5. The number of ether oxygens (including phenoxy) is 1. The molecule has 0 saturated carbocycles. The Bertz CT molecular complexity index is 972. The van der Waals surface area contributed by atoms with Crippen molar-refractivity contribution in [3.05, 3.63) is 89.4 Å². The number of pyridine rings is 1. The van der Waals surface area contributed by atoms with Crippen LogP contribution in [0.5, 0.6) is 11.6 Å². The molecule has 3 rings (SSSR count). The summed E-state index contributed by atoms with van der Waals surface area (Å²) >= 11 is 0. The van der Waals surface area contributed by atoms with E-state index in [1.165, 1.54) is 17.7 Å². The fourth-order valence-corrected chi connectivity index (χ4v) is 3.04. The highest BCUT2D eigenvalue weighted by atomic mass is 19.1. The van der Waals surface area contributed by atoms with E-state index in [2.05, 4.69) is 29.0 Å². The fourth-order valence-electron chi connectivity index (χ4n) is 3.04. The topological polar surface area (TPSA) is 54.5 Å². The first-order chi connectivity index (χ1) is 14.6. The molecule has 3 aromatic rings. The zero-order valence-electron chi connectivity index (χ0n) is 17.3. The monoisotopic (exact) mass is 407 g/mol. The molecule has 1 N–H and O–H groups in total. The van der Waals surface area contributed by atoms with Crippen LogP contribution in [-0.2, 0) is 13.1 Å². The molecule has 5 nitrogen and oxygen atoms in total. The summed E-state index contributed by atoms with van der Waals surface area (Å²) in [5.74, 6) is 0.121. The number of hydrogen-bond donors (Lipinski definition) is 1. The summed E-state index contributed by atoms with van der Waals surface area (Å²) in [6.07, 6.45) is 1.59. The Kier molecular flexibility index (Phi) is 7.51. The smallest absolute Gasteiger partial charge is 0.251 e. The van der Waals surface area contributed by atoms with Crippen LogP contribution in [-0.4, -0.2) is 28.9 Å². The molecule has 1 heterocycles. The predicted octanol–water partition coefficient (Wildman–Crippen LogP) is 4.78. The molecular formula is C24H26FN3O2. The second-order valence-electron chi connectivity index (χ2n) is 6.87. The fraction of sp³-hybridized carbons (Fsp3) is 0.250. The van der Waals surface area contributed by atoms with Crippen molar-refractivity contribution < 1.29 is 13.9 Å². The van der Waals surface area contributed by atoms with Crippen LogP contribution in [0.4, 0.5) is 4.39 Å². The lowest BCUT2D eigenvalue weighted by atomic mass is 10.1. The maximum atomic E-state index is 13.4. The third kappa shape index (κ3) is 5.87. The third-order valence-corrected chi connectivity index (χ3v) is 4.82. The van der Waals surface area contributed by atoms with Crippen molar-refractivity contribution in [2.45, 2.75) is 26.9 Å². The Labute approximate surface area is 176 Å². The van der Waals surface area contributed by atoms with Gasteiger partial charge in [0.1, 0.15) is 11.6 Å². The van der Waals surface area contributed by atoms with Crippen molar-refractivity contribution in [2.75, 3.05) is 13.1 Å². The minimum atomic E-state index is -0.386. The van der Waals surface area contributed by atoms with Crippen molar-refractivity contribution in [3.63, 3.8) is 0 Å². The predicted molar refractivity (Wildman–Crippen MR) is 115 cm³/mol. The lowest BCUT2D eigenvalue weighted by Gasteiger charge is -2.18. The molecule has 1 amide bonds. The van der Waals surface area contributed by atoms with Gasteiger partial charge in [0.15, 0.2) is 0 Å². The van der Waals surface area contributed by atoms with Crippen LogP contribution < -0.4 is 10.1 Å². The number of aromatic nitrogens is 1. The van der Waals surface area contributed by atoms with Crippen molar-refractivity contribution in [3.8, 4) is 11.6 Å². The lowest BCUT2D eigenvalue weighted by Crippen LogP contribution is -2.24. The van der Waals surface area contributed by atoms with Gasteiger partial charge in [0.05, 0.1) is 0 Å². The van der Waals surface area contributed by atoms with E-state index in [0.29, 0.717) is 22.8 Å². The third-order valence-electron chi connectivity index (χ3n) is 4.82. The number of amides is 1. The van der Waals surface area contributed by atoms with Crippen LogP contribution in [0.15, 0.2) is 66.9 Å². The van der Waals surface area contributed by atoms with Crippen LogP contribution >= 0.6 is 0 Å². The van der Waals surface area contributed by atoms with Crippen molar-refractivity contribution in [1.29, 1.82) is 0 Å². The first kappa shape index (κ1) is 21.5. The van der Waals surface area contributed by atoms with Crippen LogP contribution in [0.1, 0.15) is 35.3 Å². The molecule has 2 aromatic carbocycles. The first-order valence-electron chi connectivity index (χ1n) is 10.1. The molecule has 1 aromatic heterocycles. The Balaban J connectivity index is 1.62. The molecule has 156 valence electrons. The van der Waals surface area contributed by atoms with E-state index >= 15 is 0 Å². The number of benzene rings is 2. The molecule has 30 heavy (non-hydrogen) atoms.